The van der Waals surface area contributed by atoms with E-state index >= 15 is 0 Å². The monoisotopic (exact) mass is 240 g/mol. The van der Waals surface area contributed by atoms with Gasteiger partial charge in [-0.05, 0) is 30.7 Å². The van der Waals surface area contributed by atoms with Gasteiger partial charge in [-0.25, -0.2) is 9.59 Å². The van der Waals surface area contributed by atoms with Gasteiger partial charge in [0, 0.05) is 5.38 Å². The Morgan fingerprint density at radius 3 is 2.62 bits per heavy atom. The third-order valence-corrected chi connectivity index (χ3v) is 3.43. The zero-order valence-corrected chi connectivity index (χ0v) is 9.34. The summed E-state index contributed by atoms with van der Waals surface area (Å²) in [6.07, 6.45) is 1.84. The molecule has 1 aliphatic carbocycles. The quantitative estimate of drug-likeness (QED) is 0.754. The first-order chi connectivity index (χ1) is 7.62. The van der Waals surface area contributed by atoms with Crippen LogP contribution in [0.5, 0.6) is 0 Å². The minimum Gasteiger partial charge on any atom is -0.480 e. The Morgan fingerprint density at radius 2 is 2.19 bits per heavy atom. The minimum absolute atomic E-state index is 0.458. The summed E-state index contributed by atoms with van der Waals surface area (Å²) in [5.74, 6) is -0.959. The number of hydrogen-bond acceptors (Lipinski definition) is 3. The number of urea groups is 1. The van der Waals surface area contributed by atoms with Crippen LogP contribution in [0.15, 0.2) is 16.8 Å². The maximum absolute atomic E-state index is 11.5. The molecular formula is C10H12N2O3S. The van der Waals surface area contributed by atoms with Crippen molar-refractivity contribution < 1.29 is 14.7 Å². The summed E-state index contributed by atoms with van der Waals surface area (Å²) >= 11 is 1.47. The van der Waals surface area contributed by atoms with Gasteiger partial charge in [0.15, 0.2) is 0 Å². The van der Waals surface area contributed by atoms with Crippen molar-refractivity contribution >= 4 is 29.0 Å². The number of carboxylic acid groups (broad SMARTS) is 1. The van der Waals surface area contributed by atoms with Gasteiger partial charge in [0.05, 0.1) is 5.69 Å². The normalized spacial score (nSPS) is 17.2. The summed E-state index contributed by atoms with van der Waals surface area (Å²) in [5, 5.41) is 17.8. The van der Waals surface area contributed by atoms with Crippen LogP contribution in [0.2, 0.25) is 0 Å². The molecule has 1 aromatic heterocycles. The van der Waals surface area contributed by atoms with Crippen molar-refractivity contribution in [1.29, 1.82) is 0 Å². The molecule has 0 atom stereocenters. The lowest BCUT2D eigenvalue weighted by Crippen LogP contribution is -2.60. The third-order valence-electron chi connectivity index (χ3n) is 2.75. The molecule has 2 rings (SSSR count). The molecule has 1 fully saturated rings. The number of anilines is 1. The Bertz CT molecular complexity index is 398. The number of rotatable bonds is 3. The predicted octanol–water partition coefficient (Wildman–Crippen LogP) is 1.88. The second-order valence-electron chi connectivity index (χ2n) is 3.83. The molecule has 0 bridgehead atoms. The standard InChI is InChI=1S/C10H12N2O3S/c13-8(14)10(3-1-4-10)12-9(15)11-7-2-5-16-6-7/h2,5-6H,1,3-4H2,(H,13,14)(H2,11,12,15). The van der Waals surface area contributed by atoms with Crippen molar-refractivity contribution in [3.63, 3.8) is 0 Å². The number of aliphatic carboxylic acids is 1. The maximum atomic E-state index is 11.5. The highest BCUT2D eigenvalue weighted by Gasteiger charge is 2.45. The van der Waals surface area contributed by atoms with Crippen LogP contribution in [-0.2, 0) is 4.79 Å². The van der Waals surface area contributed by atoms with Gasteiger partial charge in [-0.1, -0.05) is 0 Å². The molecule has 1 heterocycles. The first-order valence-corrected chi connectivity index (χ1v) is 5.91. The van der Waals surface area contributed by atoms with Gasteiger partial charge in [0.2, 0.25) is 0 Å². The molecule has 0 radical (unpaired) electrons. The zero-order chi connectivity index (χ0) is 11.6. The molecule has 0 unspecified atom stereocenters. The average molecular weight is 240 g/mol. The van der Waals surface area contributed by atoms with Crippen molar-refractivity contribution in [3.05, 3.63) is 16.8 Å². The van der Waals surface area contributed by atoms with E-state index in [1.165, 1.54) is 11.3 Å². The molecule has 16 heavy (non-hydrogen) atoms. The highest BCUT2D eigenvalue weighted by molar-refractivity contribution is 7.08. The predicted molar refractivity (Wildman–Crippen MR) is 60.7 cm³/mol. The lowest BCUT2D eigenvalue weighted by molar-refractivity contribution is -0.148. The number of thiophene rings is 1. The van der Waals surface area contributed by atoms with E-state index in [-0.39, 0.29) is 0 Å². The van der Waals surface area contributed by atoms with Crippen LogP contribution in [0.4, 0.5) is 10.5 Å². The van der Waals surface area contributed by atoms with E-state index in [0.29, 0.717) is 18.5 Å². The molecule has 2 amide bonds. The zero-order valence-electron chi connectivity index (χ0n) is 8.53. The molecule has 6 heteroatoms. The fourth-order valence-electron chi connectivity index (χ4n) is 1.64. The average Bonchev–Trinajstić information content (AvgIpc) is 2.63. The number of carbonyl (C=O) groups excluding carboxylic acids is 1. The summed E-state index contributed by atoms with van der Waals surface area (Å²) in [6.45, 7) is 0. The van der Waals surface area contributed by atoms with Crippen molar-refractivity contribution in [2.75, 3.05) is 5.32 Å². The number of nitrogens with one attached hydrogen (secondary N) is 2. The number of carboxylic acids is 1. The van der Waals surface area contributed by atoms with Crippen LogP contribution in [0.25, 0.3) is 0 Å². The molecule has 1 saturated carbocycles. The fraction of sp³-hybridized carbons (Fsp3) is 0.400. The molecule has 0 aromatic carbocycles. The van der Waals surface area contributed by atoms with E-state index < -0.39 is 17.5 Å². The van der Waals surface area contributed by atoms with E-state index in [2.05, 4.69) is 10.6 Å². The van der Waals surface area contributed by atoms with Crippen molar-refractivity contribution in [2.45, 2.75) is 24.8 Å². The van der Waals surface area contributed by atoms with Crippen molar-refractivity contribution in [1.82, 2.24) is 5.32 Å². The van der Waals surface area contributed by atoms with Gasteiger partial charge in [-0.3, -0.25) is 0 Å². The Balaban J connectivity index is 1.94. The molecule has 86 valence electrons. The maximum Gasteiger partial charge on any atom is 0.329 e. The van der Waals surface area contributed by atoms with Gasteiger partial charge in [-0.2, -0.15) is 11.3 Å². The number of hydrogen-bond donors (Lipinski definition) is 3. The van der Waals surface area contributed by atoms with E-state index in [1.807, 2.05) is 5.38 Å². The molecule has 0 spiro atoms. The Hall–Kier alpha value is -1.56. The van der Waals surface area contributed by atoms with E-state index in [1.54, 1.807) is 11.4 Å². The van der Waals surface area contributed by atoms with Gasteiger partial charge in [0.1, 0.15) is 5.54 Å². The highest BCUT2D eigenvalue weighted by Crippen LogP contribution is 2.32. The lowest BCUT2D eigenvalue weighted by Gasteiger charge is -2.38. The number of carbonyl (C=O) groups is 2. The van der Waals surface area contributed by atoms with E-state index in [4.69, 9.17) is 5.11 Å². The minimum atomic E-state index is -1.06. The van der Waals surface area contributed by atoms with Crippen LogP contribution in [0, 0.1) is 0 Å². The molecule has 3 N–H and O–H groups in total. The molecule has 5 nitrogen and oxygen atoms in total. The van der Waals surface area contributed by atoms with Gasteiger partial charge >= 0.3 is 12.0 Å². The second kappa shape index (κ2) is 4.13. The smallest absolute Gasteiger partial charge is 0.329 e. The molecule has 1 aromatic rings. The third kappa shape index (κ3) is 2.01. The fourth-order valence-corrected chi connectivity index (χ4v) is 2.23. The van der Waals surface area contributed by atoms with Crippen LogP contribution in [0.3, 0.4) is 0 Å². The van der Waals surface area contributed by atoms with Gasteiger partial charge in [-0.15, -0.1) is 0 Å². The van der Waals surface area contributed by atoms with E-state index in [9.17, 15) is 9.59 Å². The Labute approximate surface area is 96.5 Å². The first kappa shape index (κ1) is 10.9. The molecule has 1 aliphatic rings. The first-order valence-electron chi connectivity index (χ1n) is 4.97. The Kier molecular flexibility index (Phi) is 2.82. The Morgan fingerprint density at radius 1 is 1.44 bits per heavy atom. The second-order valence-corrected chi connectivity index (χ2v) is 4.61. The summed E-state index contributed by atoms with van der Waals surface area (Å²) in [4.78, 5) is 22.5. The van der Waals surface area contributed by atoms with Crippen LogP contribution in [-0.4, -0.2) is 22.6 Å². The summed E-state index contributed by atoms with van der Waals surface area (Å²) in [5.41, 5.74) is -0.373. The van der Waals surface area contributed by atoms with Crippen molar-refractivity contribution in [3.8, 4) is 0 Å². The molecular weight excluding hydrogens is 228 g/mol. The van der Waals surface area contributed by atoms with E-state index in [0.717, 1.165) is 6.42 Å². The van der Waals surface area contributed by atoms with Crippen LogP contribution in [0.1, 0.15) is 19.3 Å². The topological polar surface area (TPSA) is 78.4 Å². The van der Waals surface area contributed by atoms with Gasteiger partial charge in [0.25, 0.3) is 0 Å². The van der Waals surface area contributed by atoms with Crippen molar-refractivity contribution in [2.24, 2.45) is 0 Å². The largest absolute Gasteiger partial charge is 0.480 e. The van der Waals surface area contributed by atoms with Crippen LogP contribution < -0.4 is 10.6 Å². The summed E-state index contributed by atoms with van der Waals surface area (Å²) in [6, 6.07) is 1.30. The summed E-state index contributed by atoms with van der Waals surface area (Å²) < 4.78 is 0. The SMILES string of the molecule is O=C(Nc1ccsc1)NC1(C(=O)O)CCC1. The highest BCUT2D eigenvalue weighted by atomic mass is 32.1. The van der Waals surface area contributed by atoms with Gasteiger partial charge < -0.3 is 15.7 Å². The lowest BCUT2D eigenvalue weighted by atomic mass is 9.77. The van der Waals surface area contributed by atoms with Crippen LogP contribution >= 0.6 is 11.3 Å². The molecule has 0 aliphatic heterocycles. The number of amides is 2. The summed E-state index contributed by atoms with van der Waals surface area (Å²) in [7, 11) is 0. The molecule has 0 saturated heterocycles.